The minimum absolute atomic E-state index is 0. The molecule has 116 valence electrons. The van der Waals surface area contributed by atoms with Gasteiger partial charge >= 0.3 is 103 Å². The summed E-state index contributed by atoms with van der Waals surface area (Å²) in [5.74, 6) is -3.62. The van der Waals surface area contributed by atoms with Gasteiger partial charge in [-0.2, -0.15) is 0 Å². The number of carbonyl (C=O) groups is 2. The van der Waals surface area contributed by atoms with Gasteiger partial charge in [-0.05, 0) is 0 Å². The summed E-state index contributed by atoms with van der Waals surface area (Å²) in [4.78, 5) is 21.0. The van der Waals surface area contributed by atoms with Gasteiger partial charge in [-0.15, -0.1) is 0 Å². The molecule has 0 aromatic heterocycles. The zero-order valence-corrected chi connectivity index (χ0v) is 18.4. The van der Waals surface area contributed by atoms with Crippen LogP contribution in [0.2, 0.25) is 0 Å². The summed E-state index contributed by atoms with van der Waals surface area (Å²) >= 11 is 0. The molecule has 1 fully saturated rings. The van der Waals surface area contributed by atoms with E-state index in [0.29, 0.717) is 0 Å². The Morgan fingerprint density at radius 3 is 2.05 bits per heavy atom. The number of aliphatic hydroxyl groups is 4. The van der Waals surface area contributed by atoms with E-state index in [-0.39, 0.29) is 103 Å². The third-order valence-corrected chi connectivity index (χ3v) is 2.76. The fraction of sp³-hybridized carbons (Fsp3) is 0.800. The fourth-order valence-electron chi connectivity index (χ4n) is 1.68. The first-order chi connectivity index (χ1) is 9.27. The van der Waals surface area contributed by atoms with Crippen LogP contribution in [0.4, 0.5) is 0 Å². The van der Waals surface area contributed by atoms with Gasteiger partial charge in [0.25, 0.3) is 0 Å². The normalized spacial score (nSPS) is 32.3. The van der Waals surface area contributed by atoms with Crippen molar-refractivity contribution in [3.05, 3.63) is 0 Å². The molecule has 12 heteroatoms. The molecule has 1 aliphatic heterocycles. The van der Waals surface area contributed by atoms with Gasteiger partial charge in [0, 0.05) is 12.4 Å². The number of aliphatic carboxylic acids is 2. The number of hydrogen-bond acceptors (Lipinski definition) is 10. The van der Waals surface area contributed by atoms with Crippen molar-refractivity contribution in [1.29, 1.82) is 0 Å². The van der Waals surface area contributed by atoms with E-state index >= 15 is 0 Å². The molecule has 4 N–H and O–H groups in total. The molecule has 0 aromatic carbocycles. The Bertz CT molecular complexity index is 366. The van der Waals surface area contributed by atoms with Crippen LogP contribution in [0.15, 0.2) is 0 Å². The molecule has 6 atom stereocenters. The third kappa shape index (κ3) is 7.47. The van der Waals surface area contributed by atoms with E-state index in [2.05, 4.69) is 4.74 Å². The summed E-state index contributed by atoms with van der Waals surface area (Å²) in [6.45, 7) is -0.735. The molecule has 0 aromatic rings. The first-order valence-electron chi connectivity index (χ1n) is 5.64. The molecule has 22 heavy (non-hydrogen) atoms. The van der Waals surface area contributed by atoms with Crippen molar-refractivity contribution in [3.63, 3.8) is 0 Å². The van der Waals surface area contributed by atoms with Crippen LogP contribution in [0, 0.1) is 0 Å². The molecule has 0 aliphatic carbocycles. The van der Waals surface area contributed by atoms with Gasteiger partial charge in [-0.3, -0.25) is 0 Å². The fourth-order valence-corrected chi connectivity index (χ4v) is 1.68. The monoisotopic (exact) mass is 372 g/mol. The molecular weight excluding hydrogens is 358 g/mol. The number of ether oxygens (including phenoxy) is 2. The smallest absolute Gasteiger partial charge is 0.550 e. The van der Waals surface area contributed by atoms with Crippen molar-refractivity contribution < 1.29 is 152 Å². The molecule has 0 radical (unpaired) electrons. The van der Waals surface area contributed by atoms with Gasteiger partial charge in [0.05, 0.1) is 12.6 Å². The number of hydrogen-bond donors (Lipinski definition) is 4. The largest absolute Gasteiger partial charge is 1.00 e. The van der Waals surface area contributed by atoms with Crippen LogP contribution in [0.3, 0.4) is 0 Å². The molecule has 2 unspecified atom stereocenters. The summed E-state index contributed by atoms with van der Waals surface area (Å²) in [5.41, 5.74) is 0. The predicted molar refractivity (Wildman–Crippen MR) is 53.3 cm³/mol. The van der Waals surface area contributed by atoms with Crippen molar-refractivity contribution >= 4 is 11.9 Å². The number of carbonyl (C=O) groups excluding carboxylic acids is 2. The second-order valence-electron chi connectivity index (χ2n) is 4.22. The Balaban J connectivity index is 0. The molecule has 0 spiro atoms. The molecule has 0 saturated carbocycles. The maximum Gasteiger partial charge on any atom is 1.00 e. The zero-order valence-electron chi connectivity index (χ0n) is 12.1. The molecular formula is C10H14K2O10. The van der Waals surface area contributed by atoms with Crippen LogP contribution < -0.4 is 113 Å². The Labute approximate surface area is 210 Å². The van der Waals surface area contributed by atoms with Crippen molar-refractivity contribution in [2.24, 2.45) is 0 Å². The molecule has 0 bridgehead atoms. The van der Waals surface area contributed by atoms with Crippen LogP contribution in [0.5, 0.6) is 0 Å². The first-order valence-corrected chi connectivity index (χ1v) is 5.64. The van der Waals surface area contributed by atoms with Crippen LogP contribution in [0.25, 0.3) is 0 Å². The summed E-state index contributed by atoms with van der Waals surface area (Å²) in [5, 5.41) is 58.4. The van der Waals surface area contributed by atoms with E-state index < -0.39 is 61.8 Å². The summed E-state index contributed by atoms with van der Waals surface area (Å²) in [6.07, 6.45) is -11.3. The van der Waals surface area contributed by atoms with E-state index in [9.17, 15) is 35.1 Å². The Kier molecular flexibility index (Phi) is 14.7. The minimum Gasteiger partial charge on any atom is -0.550 e. The molecule has 1 rings (SSSR count). The topological polar surface area (TPSA) is 180 Å². The van der Waals surface area contributed by atoms with Crippen LogP contribution in [-0.2, 0) is 19.1 Å². The van der Waals surface area contributed by atoms with Gasteiger partial charge < -0.3 is 49.7 Å². The van der Waals surface area contributed by atoms with Crippen molar-refractivity contribution in [2.75, 3.05) is 6.61 Å². The number of carboxylic acids is 2. The predicted octanol–water partition coefficient (Wildman–Crippen LogP) is -11.9. The Morgan fingerprint density at radius 2 is 1.64 bits per heavy atom. The second kappa shape index (κ2) is 12.3. The second-order valence-corrected chi connectivity index (χ2v) is 4.22. The number of rotatable bonds is 6. The maximum absolute atomic E-state index is 10.7. The van der Waals surface area contributed by atoms with Crippen molar-refractivity contribution in [2.45, 2.75) is 43.2 Å². The van der Waals surface area contributed by atoms with Crippen LogP contribution in [0.1, 0.15) is 6.42 Å². The van der Waals surface area contributed by atoms with Gasteiger partial charge in [-0.1, -0.05) is 0 Å². The number of carboxylic acid groups (broad SMARTS) is 2. The summed E-state index contributed by atoms with van der Waals surface area (Å²) in [7, 11) is 0. The van der Waals surface area contributed by atoms with E-state index in [1.54, 1.807) is 0 Å². The molecule has 1 heterocycles. The van der Waals surface area contributed by atoms with Crippen LogP contribution >= 0.6 is 0 Å². The third-order valence-electron chi connectivity index (χ3n) is 2.76. The number of aliphatic hydroxyl groups excluding tert-OH is 4. The van der Waals surface area contributed by atoms with Crippen LogP contribution in [-0.4, -0.2) is 75.8 Å². The Hall–Kier alpha value is 1.97. The molecule has 10 nitrogen and oxygen atoms in total. The average molecular weight is 372 g/mol. The van der Waals surface area contributed by atoms with E-state index in [0.717, 1.165) is 0 Å². The molecule has 1 saturated heterocycles. The van der Waals surface area contributed by atoms with Gasteiger partial charge in [-0.25, -0.2) is 0 Å². The van der Waals surface area contributed by atoms with Gasteiger partial charge in [0.2, 0.25) is 0 Å². The zero-order chi connectivity index (χ0) is 15.4. The van der Waals surface area contributed by atoms with Gasteiger partial charge in [0.1, 0.15) is 30.5 Å². The minimum atomic E-state index is -1.98. The first kappa shape index (κ1) is 26.2. The molecule has 0 amide bonds. The van der Waals surface area contributed by atoms with E-state index in [1.165, 1.54) is 0 Å². The quantitative estimate of drug-likeness (QED) is 0.327. The average Bonchev–Trinajstić information content (AvgIpc) is 2.37. The summed E-state index contributed by atoms with van der Waals surface area (Å²) < 4.78 is 9.55. The van der Waals surface area contributed by atoms with Crippen molar-refractivity contribution in [1.82, 2.24) is 0 Å². The SMILES string of the molecule is O=C([O-])C[C@H](O[C@H]1OC(CO)[C@@H](O)[C@H](O)C1O)C(=O)[O-].[K+].[K+]. The van der Waals surface area contributed by atoms with Crippen molar-refractivity contribution in [3.8, 4) is 0 Å². The maximum atomic E-state index is 10.7. The van der Waals surface area contributed by atoms with Gasteiger partial charge in [0.15, 0.2) is 6.29 Å². The summed E-state index contributed by atoms with van der Waals surface area (Å²) in [6, 6.07) is 0. The Morgan fingerprint density at radius 1 is 1.09 bits per heavy atom. The van der Waals surface area contributed by atoms with E-state index in [4.69, 9.17) is 9.84 Å². The van der Waals surface area contributed by atoms with E-state index in [1.807, 2.05) is 0 Å². The standard InChI is InChI=1S/C10H16O10.2K/c11-2-4-6(14)7(15)8(16)10(20-4)19-3(9(17)18)1-5(12)13;;/h3-4,6-8,10-11,14-16H,1-2H2,(H,12,13)(H,17,18);;/q;2*+1/p-2/t3-,4?,6+,7-,8?,10-;;/m0../s1. The molecule has 1 aliphatic rings.